The number of rotatable bonds is 3. The van der Waals surface area contributed by atoms with Gasteiger partial charge >= 0.3 is 0 Å². The Bertz CT molecular complexity index is 492. The van der Waals surface area contributed by atoms with Crippen LogP contribution in [-0.4, -0.2) is 43.5 Å². The molecule has 0 saturated carbocycles. The van der Waals surface area contributed by atoms with Crippen molar-refractivity contribution in [3.63, 3.8) is 0 Å². The number of hydrogen-bond acceptors (Lipinski definition) is 3. The van der Waals surface area contributed by atoms with Gasteiger partial charge in [-0.05, 0) is 24.5 Å². The van der Waals surface area contributed by atoms with Gasteiger partial charge in [0.1, 0.15) is 0 Å². The molecular formula is C15H20ClNO3. The summed E-state index contributed by atoms with van der Waals surface area (Å²) >= 11 is 6.28. The average Bonchev–Trinajstić information content (AvgIpc) is 2.48. The van der Waals surface area contributed by atoms with Crippen molar-refractivity contribution in [2.24, 2.45) is 5.92 Å². The van der Waals surface area contributed by atoms with E-state index in [1.165, 1.54) is 7.11 Å². The largest absolute Gasteiger partial charge is 0.493 e. The number of methoxy groups -OCH3 is 2. The van der Waals surface area contributed by atoms with Crippen molar-refractivity contribution in [2.45, 2.75) is 18.7 Å². The number of para-hydroxylation sites is 1. The third-order valence-electron chi connectivity index (χ3n) is 3.79. The summed E-state index contributed by atoms with van der Waals surface area (Å²) in [5.41, 5.74) is 0.519. The molecule has 1 amide bonds. The van der Waals surface area contributed by atoms with Gasteiger partial charge < -0.3 is 14.4 Å². The Morgan fingerprint density at radius 1 is 1.35 bits per heavy atom. The molecule has 1 aromatic carbocycles. The molecule has 1 fully saturated rings. The highest BCUT2D eigenvalue weighted by Crippen LogP contribution is 2.32. The van der Waals surface area contributed by atoms with E-state index < -0.39 is 0 Å². The first-order valence-corrected chi connectivity index (χ1v) is 7.16. The lowest BCUT2D eigenvalue weighted by atomic mass is 9.98. The summed E-state index contributed by atoms with van der Waals surface area (Å²) in [6, 6.07) is 5.32. The molecule has 1 aromatic rings. The molecule has 1 aliphatic heterocycles. The number of benzene rings is 1. The van der Waals surface area contributed by atoms with Crippen molar-refractivity contribution >= 4 is 17.5 Å². The van der Waals surface area contributed by atoms with Gasteiger partial charge in [-0.3, -0.25) is 4.79 Å². The predicted octanol–water partition coefficient (Wildman–Crippen LogP) is 2.79. The van der Waals surface area contributed by atoms with E-state index in [2.05, 4.69) is 6.92 Å². The molecule has 1 heterocycles. The molecule has 20 heavy (non-hydrogen) atoms. The van der Waals surface area contributed by atoms with Gasteiger partial charge in [0.2, 0.25) is 0 Å². The zero-order valence-electron chi connectivity index (χ0n) is 12.1. The Morgan fingerprint density at radius 3 is 2.70 bits per heavy atom. The van der Waals surface area contributed by atoms with E-state index in [0.29, 0.717) is 29.5 Å². The van der Waals surface area contributed by atoms with Crippen LogP contribution in [0.25, 0.3) is 0 Å². The minimum Gasteiger partial charge on any atom is -0.493 e. The summed E-state index contributed by atoms with van der Waals surface area (Å²) in [6.45, 7) is 3.41. The fourth-order valence-corrected chi connectivity index (χ4v) is 2.73. The molecule has 0 bridgehead atoms. The summed E-state index contributed by atoms with van der Waals surface area (Å²) in [5.74, 6) is 1.42. The summed E-state index contributed by atoms with van der Waals surface area (Å²) in [5, 5.41) is 0.00398. The monoisotopic (exact) mass is 297 g/mol. The minimum atomic E-state index is -0.0571. The lowest BCUT2D eigenvalue weighted by Gasteiger charge is -2.34. The summed E-state index contributed by atoms with van der Waals surface area (Å²) in [6.07, 6.45) is 0.923. The molecule has 1 saturated heterocycles. The molecule has 1 aliphatic rings. The second kappa shape index (κ2) is 6.35. The summed E-state index contributed by atoms with van der Waals surface area (Å²) in [7, 11) is 3.10. The smallest absolute Gasteiger partial charge is 0.257 e. The molecule has 2 unspecified atom stereocenters. The highest BCUT2D eigenvalue weighted by atomic mass is 35.5. The number of carbonyl (C=O) groups is 1. The Hall–Kier alpha value is -1.42. The van der Waals surface area contributed by atoms with E-state index in [-0.39, 0.29) is 11.3 Å². The van der Waals surface area contributed by atoms with Gasteiger partial charge in [-0.25, -0.2) is 0 Å². The van der Waals surface area contributed by atoms with Gasteiger partial charge in [0.05, 0.1) is 25.2 Å². The van der Waals surface area contributed by atoms with E-state index in [4.69, 9.17) is 21.1 Å². The number of ether oxygens (including phenoxy) is 2. The SMILES string of the molecule is COc1cccc(C(=O)N2CCC(C)C(Cl)C2)c1OC. The number of alkyl halides is 1. The molecule has 0 N–H and O–H groups in total. The highest BCUT2D eigenvalue weighted by molar-refractivity contribution is 6.21. The predicted molar refractivity (Wildman–Crippen MR) is 78.9 cm³/mol. The van der Waals surface area contributed by atoms with Gasteiger partial charge in [0.15, 0.2) is 11.5 Å². The second-order valence-electron chi connectivity index (χ2n) is 5.07. The summed E-state index contributed by atoms with van der Waals surface area (Å²) < 4.78 is 10.6. The van der Waals surface area contributed by atoms with E-state index >= 15 is 0 Å². The van der Waals surface area contributed by atoms with Gasteiger partial charge in [0, 0.05) is 13.1 Å². The molecule has 2 rings (SSSR count). The van der Waals surface area contributed by atoms with Crippen LogP contribution in [0.5, 0.6) is 11.5 Å². The standard InChI is InChI=1S/C15H20ClNO3/c1-10-7-8-17(9-12(10)16)15(18)11-5-4-6-13(19-2)14(11)20-3/h4-6,10,12H,7-9H2,1-3H3. The number of amides is 1. The molecule has 0 radical (unpaired) electrons. The number of nitrogens with zero attached hydrogens (tertiary/aromatic N) is 1. The molecule has 0 spiro atoms. The van der Waals surface area contributed by atoms with Crippen molar-refractivity contribution in [2.75, 3.05) is 27.3 Å². The molecule has 110 valence electrons. The van der Waals surface area contributed by atoms with E-state index in [1.807, 2.05) is 0 Å². The van der Waals surface area contributed by atoms with Crippen LogP contribution in [0, 0.1) is 5.92 Å². The topological polar surface area (TPSA) is 38.8 Å². The van der Waals surface area contributed by atoms with Crippen LogP contribution in [0.3, 0.4) is 0 Å². The number of likely N-dealkylation sites (tertiary alicyclic amines) is 1. The summed E-state index contributed by atoms with van der Waals surface area (Å²) in [4.78, 5) is 14.4. The van der Waals surface area contributed by atoms with E-state index in [0.717, 1.165) is 13.0 Å². The van der Waals surface area contributed by atoms with Crippen molar-refractivity contribution in [1.29, 1.82) is 0 Å². The average molecular weight is 298 g/mol. The van der Waals surface area contributed by atoms with Crippen molar-refractivity contribution in [3.05, 3.63) is 23.8 Å². The highest BCUT2D eigenvalue weighted by Gasteiger charge is 2.29. The molecule has 4 nitrogen and oxygen atoms in total. The van der Waals surface area contributed by atoms with E-state index in [1.54, 1.807) is 30.2 Å². The second-order valence-corrected chi connectivity index (χ2v) is 5.63. The lowest BCUT2D eigenvalue weighted by molar-refractivity contribution is 0.0697. The van der Waals surface area contributed by atoms with Gasteiger partial charge in [-0.2, -0.15) is 0 Å². The Labute approximate surface area is 124 Å². The third-order valence-corrected chi connectivity index (χ3v) is 4.36. The maximum Gasteiger partial charge on any atom is 0.257 e. The quantitative estimate of drug-likeness (QED) is 0.805. The van der Waals surface area contributed by atoms with Crippen molar-refractivity contribution in [3.8, 4) is 11.5 Å². The minimum absolute atomic E-state index is 0.00398. The third kappa shape index (κ3) is 2.85. The van der Waals surface area contributed by atoms with Crippen LogP contribution in [0.2, 0.25) is 0 Å². The van der Waals surface area contributed by atoms with Crippen molar-refractivity contribution < 1.29 is 14.3 Å². The molecular weight excluding hydrogens is 278 g/mol. The van der Waals surface area contributed by atoms with Gasteiger partial charge in [-0.15, -0.1) is 11.6 Å². The van der Waals surface area contributed by atoms with Crippen LogP contribution in [-0.2, 0) is 0 Å². The molecule has 5 heteroatoms. The zero-order chi connectivity index (χ0) is 14.7. The Morgan fingerprint density at radius 2 is 2.10 bits per heavy atom. The number of halogens is 1. The van der Waals surface area contributed by atoms with Crippen LogP contribution in [0.4, 0.5) is 0 Å². The lowest BCUT2D eigenvalue weighted by Crippen LogP contribution is -2.43. The van der Waals surface area contributed by atoms with Crippen LogP contribution in [0.15, 0.2) is 18.2 Å². The first-order chi connectivity index (χ1) is 9.58. The Kier molecular flexibility index (Phi) is 4.76. The van der Waals surface area contributed by atoms with Crippen LogP contribution >= 0.6 is 11.6 Å². The normalized spacial score (nSPS) is 22.5. The molecule has 2 atom stereocenters. The fraction of sp³-hybridized carbons (Fsp3) is 0.533. The van der Waals surface area contributed by atoms with Gasteiger partial charge in [-0.1, -0.05) is 13.0 Å². The van der Waals surface area contributed by atoms with Crippen LogP contribution in [0.1, 0.15) is 23.7 Å². The number of hydrogen-bond donors (Lipinski definition) is 0. The van der Waals surface area contributed by atoms with Gasteiger partial charge in [0.25, 0.3) is 5.91 Å². The molecule has 0 aromatic heterocycles. The first kappa shape index (κ1) is 15.0. The maximum absolute atomic E-state index is 12.6. The first-order valence-electron chi connectivity index (χ1n) is 6.72. The maximum atomic E-state index is 12.6. The number of piperidine rings is 1. The van der Waals surface area contributed by atoms with E-state index in [9.17, 15) is 4.79 Å². The Balaban J connectivity index is 2.25. The zero-order valence-corrected chi connectivity index (χ0v) is 12.8. The fourth-order valence-electron chi connectivity index (χ4n) is 2.43. The molecule has 0 aliphatic carbocycles. The number of carbonyl (C=O) groups excluding carboxylic acids is 1. The van der Waals surface area contributed by atoms with Crippen LogP contribution < -0.4 is 9.47 Å². The van der Waals surface area contributed by atoms with Crippen molar-refractivity contribution in [1.82, 2.24) is 4.90 Å².